The summed E-state index contributed by atoms with van der Waals surface area (Å²) in [5, 5.41) is 2.51. The van der Waals surface area contributed by atoms with Crippen LogP contribution >= 0.6 is 46.4 Å². The van der Waals surface area contributed by atoms with E-state index in [1.807, 2.05) is 6.07 Å². The molecular formula is C23H14Cl4N2O3. The summed E-state index contributed by atoms with van der Waals surface area (Å²) in [6.07, 6.45) is 1.43. The second kappa shape index (κ2) is 9.43. The lowest BCUT2D eigenvalue weighted by molar-refractivity contribution is -0.117. The zero-order valence-corrected chi connectivity index (χ0v) is 19.3. The van der Waals surface area contributed by atoms with Gasteiger partial charge in [0.05, 0.1) is 25.8 Å². The van der Waals surface area contributed by atoms with Gasteiger partial charge in [0, 0.05) is 0 Å². The molecule has 0 atom stereocenters. The maximum Gasteiger partial charge on any atom is 0.282 e. The summed E-state index contributed by atoms with van der Waals surface area (Å²) in [5.74, 6) is -0.728. The van der Waals surface area contributed by atoms with E-state index in [0.717, 1.165) is 5.56 Å². The van der Waals surface area contributed by atoms with Crippen molar-refractivity contribution in [2.24, 2.45) is 0 Å². The van der Waals surface area contributed by atoms with Crippen LogP contribution in [0.4, 0.5) is 5.69 Å². The normalized spacial score (nSPS) is 14.8. The van der Waals surface area contributed by atoms with Crippen molar-refractivity contribution in [2.75, 3.05) is 5.01 Å². The highest BCUT2D eigenvalue weighted by Gasteiger charge is 2.34. The van der Waals surface area contributed by atoms with Crippen molar-refractivity contribution in [3.8, 4) is 5.75 Å². The molecule has 1 heterocycles. The van der Waals surface area contributed by atoms with E-state index in [-0.39, 0.29) is 28.0 Å². The van der Waals surface area contributed by atoms with Gasteiger partial charge in [-0.05, 0) is 53.6 Å². The fourth-order valence-electron chi connectivity index (χ4n) is 3.07. The molecule has 162 valence electrons. The number of hydrogen-bond donors (Lipinski definition) is 1. The van der Waals surface area contributed by atoms with E-state index in [9.17, 15) is 9.59 Å². The maximum absolute atomic E-state index is 12.7. The molecule has 0 unspecified atom stereocenters. The lowest BCUT2D eigenvalue weighted by Gasteiger charge is -2.14. The Morgan fingerprint density at radius 3 is 2.19 bits per heavy atom. The van der Waals surface area contributed by atoms with Gasteiger partial charge in [-0.15, -0.1) is 0 Å². The number of benzene rings is 3. The van der Waals surface area contributed by atoms with Crippen molar-refractivity contribution in [3.63, 3.8) is 0 Å². The van der Waals surface area contributed by atoms with Gasteiger partial charge < -0.3 is 4.74 Å². The average molecular weight is 508 g/mol. The summed E-state index contributed by atoms with van der Waals surface area (Å²) in [6, 6.07) is 17.1. The Labute approximate surface area is 204 Å². The fraction of sp³-hybridized carbons (Fsp3) is 0.0435. The first-order chi connectivity index (χ1) is 15.3. The summed E-state index contributed by atoms with van der Waals surface area (Å²) in [6.45, 7) is 0.170. The molecule has 0 aromatic heterocycles. The topological polar surface area (TPSA) is 58.6 Å². The molecule has 0 spiro atoms. The van der Waals surface area contributed by atoms with Gasteiger partial charge in [-0.25, -0.2) is 5.01 Å². The first-order valence-electron chi connectivity index (χ1n) is 9.31. The molecule has 3 aromatic rings. The Bertz CT molecular complexity index is 1220. The molecule has 0 radical (unpaired) electrons. The van der Waals surface area contributed by atoms with E-state index in [1.54, 1.807) is 54.6 Å². The first-order valence-corrected chi connectivity index (χ1v) is 10.8. The minimum Gasteiger partial charge on any atom is -0.486 e. The third-order valence-electron chi connectivity index (χ3n) is 4.60. The molecule has 0 saturated carbocycles. The molecule has 1 N–H and O–H groups in total. The zero-order valence-electron chi connectivity index (χ0n) is 16.2. The number of anilines is 1. The van der Waals surface area contributed by atoms with E-state index < -0.39 is 11.8 Å². The largest absolute Gasteiger partial charge is 0.486 e. The molecule has 1 aliphatic rings. The number of rotatable bonds is 5. The Morgan fingerprint density at radius 2 is 1.53 bits per heavy atom. The standard InChI is InChI=1S/C23H14Cl4N2O3/c24-17-7-6-13(9-18(17)25)12-32-21-19(26)10-14(11-20(21)27)8-16-22(30)28-29(23(16)31)15-4-2-1-3-5-15/h1-11H,12H2,(H,28,30)/b16-8-. The van der Waals surface area contributed by atoms with E-state index in [1.165, 1.54) is 11.1 Å². The number of halogens is 4. The summed E-state index contributed by atoms with van der Waals surface area (Å²) in [5.41, 5.74) is 4.33. The molecule has 1 saturated heterocycles. The number of carbonyl (C=O) groups is 2. The van der Waals surface area contributed by atoms with Crippen LogP contribution in [-0.2, 0) is 16.2 Å². The molecular weight excluding hydrogens is 494 g/mol. The third kappa shape index (κ3) is 4.71. The number of carbonyl (C=O) groups excluding carboxylic acids is 2. The Hall–Kier alpha value is -2.70. The molecule has 2 amide bonds. The molecule has 9 heteroatoms. The van der Waals surface area contributed by atoms with Crippen LogP contribution in [0.1, 0.15) is 11.1 Å². The second-order valence-corrected chi connectivity index (χ2v) is 8.45. The van der Waals surface area contributed by atoms with Gasteiger partial charge in [0.15, 0.2) is 5.75 Å². The number of amides is 2. The summed E-state index contributed by atoms with van der Waals surface area (Å²) in [4.78, 5) is 25.1. The molecule has 1 fully saturated rings. The van der Waals surface area contributed by atoms with Gasteiger partial charge in [0.2, 0.25) is 0 Å². The van der Waals surface area contributed by atoms with Crippen LogP contribution in [0.25, 0.3) is 6.08 Å². The number of nitrogens with one attached hydrogen (secondary N) is 1. The predicted molar refractivity (Wildman–Crippen MR) is 127 cm³/mol. The van der Waals surface area contributed by atoms with Gasteiger partial charge in [-0.3, -0.25) is 15.0 Å². The Kier molecular flexibility index (Phi) is 6.63. The van der Waals surface area contributed by atoms with Crippen molar-refractivity contribution < 1.29 is 14.3 Å². The lowest BCUT2D eigenvalue weighted by Crippen LogP contribution is -2.35. The number of hydrogen-bond acceptors (Lipinski definition) is 3. The van der Waals surface area contributed by atoms with Crippen LogP contribution in [0, 0.1) is 0 Å². The fourth-order valence-corrected chi connectivity index (χ4v) is 4.00. The Balaban J connectivity index is 1.55. The molecule has 0 aliphatic carbocycles. The molecule has 1 aliphatic heterocycles. The van der Waals surface area contributed by atoms with Gasteiger partial charge >= 0.3 is 0 Å². The van der Waals surface area contributed by atoms with E-state index >= 15 is 0 Å². The number of para-hydroxylation sites is 1. The highest BCUT2D eigenvalue weighted by Crippen LogP contribution is 2.36. The quantitative estimate of drug-likeness (QED) is 0.323. The summed E-state index contributed by atoms with van der Waals surface area (Å²) in [7, 11) is 0. The number of hydrazine groups is 1. The first kappa shape index (κ1) is 22.5. The van der Waals surface area contributed by atoms with Gasteiger partial charge in [-0.1, -0.05) is 70.7 Å². The van der Waals surface area contributed by atoms with E-state index in [0.29, 0.717) is 21.3 Å². The molecule has 3 aromatic carbocycles. The predicted octanol–water partition coefficient (Wildman–Crippen LogP) is 6.34. The van der Waals surface area contributed by atoms with Crippen LogP contribution in [0.15, 0.2) is 66.2 Å². The summed E-state index contributed by atoms with van der Waals surface area (Å²) >= 11 is 24.7. The highest BCUT2D eigenvalue weighted by molar-refractivity contribution is 6.42. The van der Waals surface area contributed by atoms with Crippen LogP contribution in [0.5, 0.6) is 5.75 Å². The average Bonchev–Trinajstić information content (AvgIpc) is 3.04. The lowest BCUT2D eigenvalue weighted by atomic mass is 10.1. The number of ether oxygens (including phenoxy) is 1. The smallest absolute Gasteiger partial charge is 0.282 e. The molecule has 32 heavy (non-hydrogen) atoms. The minimum absolute atomic E-state index is 0.0366. The van der Waals surface area contributed by atoms with E-state index in [2.05, 4.69) is 5.43 Å². The van der Waals surface area contributed by atoms with Crippen LogP contribution in [-0.4, -0.2) is 11.8 Å². The second-order valence-electron chi connectivity index (χ2n) is 6.83. The van der Waals surface area contributed by atoms with Crippen LogP contribution in [0.2, 0.25) is 20.1 Å². The minimum atomic E-state index is -0.522. The monoisotopic (exact) mass is 506 g/mol. The van der Waals surface area contributed by atoms with Crippen molar-refractivity contribution >= 4 is 70.0 Å². The maximum atomic E-state index is 12.7. The van der Waals surface area contributed by atoms with Crippen molar-refractivity contribution in [1.29, 1.82) is 0 Å². The Morgan fingerprint density at radius 1 is 0.844 bits per heavy atom. The third-order valence-corrected chi connectivity index (χ3v) is 5.91. The number of nitrogens with zero attached hydrogens (tertiary/aromatic N) is 1. The van der Waals surface area contributed by atoms with Crippen molar-refractivity contribution in [2.45, 2.75) is 6.61 Å². The van der Waals surface area contributed by atoms with E-state index in [4.69, 9.17) is 51.1 Å². The van der Waals surface area contributed by atoms with Gasteiger partial charge in [0.1, 0.15) is 12.2 Å². The van der Waals surface area contributed by atoms with Crippen LogP contribution in [0.3, 0.4) is 0 Å². The molecule has 0 bridgehead atoms. The van der Waals surface area contributed by atoms with Crippen molar-refractivity contribution in [1.82, 2.24) is 5.43 Å². The summed E-state index contributed by atoms with van der Waals surface area (Å²) < 4.78 is 5.75. The molecule has 5 nitrogen and oxygen atoms in total. The highest BCUT2D eigenvalue weighted by atomic mass is 35.5. The van der Waals surface area contributed by atoms with Gasteiger partial charge in [-0.2, -0.15) is 0 Å². The molecule has 4 rings (SSSR count). The van der Waals surface area contributed by atoms with Crippen molar-refractivity contribution in [3.05, 3.63) is 97.5 Å². The van der Waals surface area contributed by atoms with Crippen LogP contribution < -0.4 is 15.2 Å². The SMILES string of the molecule is O=C1NN(c2ccccc2)C(=O)/C1=C\c1cc(Cl)c(OCc2ccc(Cl)c(Cl)c2)c(Cl)c1. The zero-order chi connectivity index (χ0) is 22.8. The van der Waals surface area contributed by atoms with Gasteiger partial charge in [0.25, 0.3) is 11.8 Å².